The largest absolute Gasteiger partial charge is 0.398 e. The Labute approximate surface area is 208 Å². The molecule has 0 heterocycles. The number of aliphatic hydroxyl groups excluding tert-OH is 1. The maximum Gasteiger partial charge on any atom is 0.123 e. The Balaban J connectivity index is 1.66. The van der Waals surface area contributed by atoms with Gasteiger partial charge in [0.1, 0.15) is 5.83 Å². The summed E-state index contributed by atoms with van der Waals surface area (Å²) in [6.07, 6.45) is 6.91. The minimum absolute atomic E-state index is 0.181. The molecular weight excluding hydrogens is 439 g/mol. The van der Waals surface area contributed by atoms with Gasteiger partial charge in [0.05, 0.1) is 11.8 Å². The van der Waals surface area contributed by atoms with Crippen molar-refractivity contribution in [3.05, 3.63) is 94.8 Å². The number of nitrogens with two attached hydrogens (primary N) is 1. The molecule has 2 aromatic carbocycles. The van der Waals surface area contributed by atoms with Crippen molar-refractivity contribution < 1.29 is 9.50 Å². The minimum atomic E-state index is -0.420. The van der Waals surface area contributed by atoms with Gasteiger partial charge in [0.15, 0.2) is 0 Å². The highest BCUT2D eigenvalue weighted by atomic mass is 19.1. The molecule has 2 unspecified atom stereocenters. The smallest absolute Gasteiger partial charge is 0.123 e. The van der Waals surface area contributed by atoms with Crippen molar-refractivity contribution >= 4 is 17.1 Å². The summed E-state index contributed by atoms with van der Waals surface area (Å²) in [4.78, 5) is 0. The molecule has 0 saturated heterocycles. The van der Waals surface area contributed by atoms with E-state index >= 15 is 0 Å². The molecule has 0 aliphatic heterocycles. The van der Waals surface area contributed by atoms with Gasteiger partial charge in [-0.2, -0.15) is 0 Å². The lowest BCUT2D eigenvalue weighted by Crippen LogP contribution is -2.29. The van der Waals surface area contributed by atoms with Crippen LogP contribution in [0.15, 0.2) is 72.6 Å². The van der Waals surface area contributed by atoms with E-state index in [1.54, 1.807) is 12.1 Å². The van der Waals surface area contributed by atoms with Crippen LogP contribution in [0.4, 0.5) is 10.1 Å². The van der Waals surface area contributed by atoms with Crippen molar-refractivity contribution in [1.29, 1.82) is 5.41 Å². The second-order valence-electron chi connectivity index (χ2n) is 9.05. The monoisotopic (exact) mass is 476 g/mol. The molecule has 0 radical (unpaired) electrons. The fourth-order valence-electron chi connectivity index (χ4n) is 4.25. The molecule has 35 heavy (non-hydrogen) atoms. The Morgan fingerprint density at radius 2 is 1.83 bits per heavy atom. The van der Waals surface area contributed by atoms with Crippen LogP contribution < -0.4 is 16.4 Å². The third kappa shape index (κ3) is 7.13. The molecule has 186 valence electrons. The number of allylic oxidation sites excluding steroid dienone is 2. The predicted octanol–water partition coefficient (Wildman–Crippen LogP) is 5.11. The van der Waals surface area contributed by atoms with Crippen molar-refractivity contribution in [2.45, 2.75) is 51.2 Å². The van der Waals surface area contributed by atoms with Crippen LogP contribution in [-0.4, -0.2) is 36.6 Å². The summed E-state index contributed by atoms with van der Waals surface area (Å²) < 4.78 is 14.0. The lowest BCUT2D eigenvalue weighted by atomic mass is 9.95. The maximum atomic E-state index is 14.0. The molecule has 6 N–H and O–H groups in total. The number of halogens is 1. The van der Waals surface area contributed by atoms with Crippen LogP contribution in [0.5, 0.6) is 0 Å². The Morgan fingerprint density at radius 1 is 1.14 bits per heavy atom. The summed E-state index contributed by atoms with van der Waals surface area (Å²) in [5.74, 6) is -0.181. The van der Waals surface area contributed by atoms with Gasteiger partial charge in [-0.05, 0) is 68.5 Å². The van der Waals surface area contributed by atoms with E-state index < -0.39 is 6.10 Å². The molecule has 6 heteroatoms. The molecular formula is C29H37FN4O. The SMILES string of the molecule is C=C(NCC1=CCCC=C1F)c1ccc(N)c(C(=N)c2ccc(CC(O)CC(CC)NC)cc2)c1. The number of nitrogen functional groups attached to an aromatic ring is 1. The first-order chi connectivity index (χ1) is 16.8. The summed E-state index contributed by atoms with van der Waals surface area (Å²) >= 11 is 0. The van der Waals surface area contributed by atoms with Crippen LogP contribution in [-0.2, 0) is 6.42 Å². The molecule has 2 atom stereocenters. The zero-order chi connectivity index (χ0) is 25.4. The molecule has 0 saturated carbocycles. The third-order valence-electron chi connectivity index (χ3n) is 6.52. The number of aliphatic hydroxyl groups is 1. The summed E-state index contributed by atoms with van der Waals surface area (Å²) in [5, 5.41) is 25.6. The van der Waals surface area contributed by atoms with E-state index in [0.717, 1.165) is 36.0 Å². The molecule has 3 rings (SSSR count). The summed E-state index contributed by atoms with van der Waals surface area (Å²) in [6, 6.07) is 13.4. The number of rotatable bonds is 12. The van der Waals surface area contributed by atoms with E-state index in [1.807, 2.05) is 49.5 Å². The molecule has 0 fully saturated rings. The summed E-state index contributed by atoms with van der Waals surface area (Å²) in [5.41, 5.74) is 11.5. The highest BCUT2D eigenvalue weighted by Crippen LogP contribution is 2.24. The van der Waals surface area contributed by atoms with E-state index in [4.69, 9.17) is 11.1 Å². The second-order valence-corrected chi connectivity index (χ2v) is 9.05. The first-order valence-corrected chi connectivity index (χ1v) is 12.2. The van der Waals surface area contributed by atoms with Gasteiger partial charge in [0, 0.05) is 40.7 Å². The normalized spacial score (nSPS) is 15.1. The van der Waals surface area contributed by atoms with Gasteiger partial charge in [0.25, 0.3) is 0 Å². The number of anilines is 1. The fraction of sp³-hybridized carbons (Fsp3) is 0.345. The van der Waals surface area contributed by atoms with Crippen LogP contribution in [0.1, 0.15) is 54.9 Å². The van der Waals surface area contributed by atoms with Crippen LogP contribution in [0, 0.1) is 5.41 Å². The van der Waals surface area contributed by atoms with Crippen molar-refractivity contribution in [3.63, 3.8) is 0 Å². The van der Waals surface area contributed by atoms with Crippen molar-refractivity contribution in [2.75, 3.05) is 19.3 Å². The Morgan fingerprint density at radius 3 is 2.49 bits per heavy atom. The molecule has 0 spiro atoms. The van der Waals surface area contributed by atoms with E-state index in [0.29, 0.717) is 53.7 Å². The molecule has 1 aliphatic carbocycles. The van der Waals surface area contributed by atoms with Crippen LogP contribution in [0.3, 0.4) is 0 Å². The van der Waals surface area contributed by atoms with E-state index in [9.17, 15) is 9.50 Å². The molecule has 1 aliphatic rings. The van der Waals surface area contributed by atoms with Crippen LogP contribution >= 0.6 is 0 Å². The van der Waals surface area contributed by atoms with Crippen molar-refractivity contribution in [1.82, 2.24) is 10.6 Å². The number of hydrogen-bond acceptors (Lipinski definition) is 5. The lowest BCUT2D eigenvalue weighted by Gasteiger charge is -2.18. The molecule has 0 aromatic heterocycles. The van der Waals surface area contributed by atoms with Gasteiger partial charge in [-0.15, -0.1) is 0 Å². The number of nitrogens with one attached hydrogen (secondary N) is 3. The zero-order valence-corrected chi connectivity index (χ0v) is 20.7. The van der Waals surface area contributed by atoms with Crippen LogP contribution in [0.25, 0.3) is 5.70 Å². The highest BCUT2D eigenvalue weighted by molar-refractivity contribution is 6.14. The average molecular weight is 477 g/mol. The first kappa shape index (κ1) is 26.4. The summed E-state index contributed by atoms with van der Waals surface area (Å²) in [6.45, 7) is 6.55. The molecule has 5 nitrogen and oxygen atoms in total. The van der Waals surface area contributed by atoms with E-state index in [2.05, 4.69) is 24.1 Å². The molecule has 0 amide bonds. The van der Waals surface area contributed by atoms with E-state index in [-0.39, 0.29) is 5.83 Å². The van der Waals surface area contributed by atoms with Gasteiger partial charge >= 0.3 is 0 Å². The standard InChI is InChI=1S/C29H37FN4O/c1-4-24(33-3)17-25(35)15-20-9-11-21(12-10-20)29(32)26-16-22(13-14-28(26)31)19(2)34-18-23-7-5-6-8-27(23)30/h7-14,16,24-25,32-35H,2,4-6,15,17-18,31H2,1,3H3. The van der Waals surface area contributed by atoms with Gasteiger partial charge in [0.2, 0.25) is 0 Å². The lowest BCUT2D eigenvalue weighted by molar-refractivity contribution is 0.150. The van der Waals surface area contributed by atoms with Crippen molar-refractivity contribution in [3.8, 4) is 0 Å². The minimum Gasteiger partial charge on any atom is -0.398 e. The first-order valence-electron chi connectivity index (χ1n) is 12.2. The third-order valence-corrected chi connectivity index (χ3v) is 6.52. The van der Waals surface area contributed by atoms with Gasteiger partial charge < -0.3 is 21.5 Å². The molecule has 0 bridgehead atoms. The fourth-order valence-corrected chi connectivity index (χ4v) is 4.25. The maximum absolute atomic E-state index is 14.0. The second kappa shape index (κ2) is 12.5. The summed E-state index contributed by atoms with van der Waals surface area (Å²) in [7, 11) is 1.92. The van der Waals surface area contributed by atoms with Gasteiger partial charge in [-0.3, -0.25) is 5.41 Å². The zero-order valence-electron chi connectivity index (χ0n) is 20.7. The van der Waals surface area contributed by atoms with E-state index in [1.165, 1.54) is 0 Å². The van der Waals surface area contributed by atoms with Crippen molar-refractivity contribution in [2.24, 2.45) is 0 Å². The quantitative estimate of drug-likeness (QED) is 0.217. The van der Waals surface area contributed by atoms with Gasteiger partial charge in [-0.25, -0.2) is 4.39 Å². The number of benzene rings is 2. The topological polar surface area (TPSA) is 94.2 Å². The molecule has 2 aromatic rings. The predicted molar refractivity (Wildman–Crippen MR) is 144 cm³/mol. The Hall–Kier alpha value is -3.22. The Bertz CT molecular complexity index is 1100. The highest BCUT2D eigenvalue weighted by Gasteiger charge is 2.15. The Kier molecular flexibility index (Phi) is 9.40. The van der Waals surface area contributed by atoms with Crippen LogP contribution in [0.2, 0.25) is 0 Å². The number of hydrogen-bond donors (Lipinski definition) is 5. The average Bonchev–Trinajstić information content (AvgIpc) is 2.87. The van der Waals surface area contributed by atoms with Gasteiger partial charge in [-0.1, -0.05) is 49.9 Å².